The first-order valence-corrected chi connectivity index (χ1v) is 12.8. The van der Waals surface area contributed by atoms with Crippen LogP contribution in [0, 0.1) is 0 Å². The van der Waals surface area contributed by atoms with E-state index in [4.69, 9.17) is 19.2 Å². The van der Waals surface area contributed by atoms with Crippen LogP contribution < -0.4 is 9.64 Å². The highest BCUT2D eigenvalue weighted by Gasteiger charge is 2.15. The zero-order chi connectivity index (χ0) is 23.9. The topological polar surface area (TPSA) is 75.7 Å². The Hall–Kier alpha value is -2.98. The van der Waals surface area contributed by atoms with Gasteiger partial charge in [-0.1, -0.05) is 18.2 Å². The smallest absolute Gasteiger partial charge is 0.186 e. The number of nitrogens with zero attached hydrogens (tertiary/aromatic N) is 4. The molecule has 0 unspecified atom stereocenters. The molecule has 9 heteroatoms. The summed E-state index contributed by atoms with van der Waals surface area (Å²) in [5.41, 5.74) is 4.39. The lowest BCUT2D eigenvalue weighted by Crippen LogP contribution is -2.38. The van der Waals surface area contributed by atoms with Crippen molar-refractivity contribution in [3.63, 3.8) is 0 Å². The number of ether oxygens (including phenoxy) is 3. The zero-order valence-corrected chi connectivity index (χ0v) is 20.8. The number of nitrogens with one attached hydrogen (secondary N) is 1. The second-order valence-corrected chi connectivity index (χ2v) is 9.46. The Kier molecular flexibility index (Phi) is 7.89. The van der Waals surface area contributed by atoms with Gasteiger partial charge in [-0.05, 0) is 35.4 Å². The summed E-state index contributed by atoms with van der Waals surface area (Å²) < 4.78 is 16.8. The molecule has 0 bridgehead atoms. The summed E-state index contributed by atoms with van der Waals surface area (Å²) in [6.45, 7) is 7.20. The molecule has 35 heavy (non-hydrogen) atoms. The van der Waals surface area contributed by atoms with E-state index in [1.54, 1.807) is 18.4 Å². The molecule has 4 aromatic rings. The predicted molar refractivity (Wildman–Crippen MR) is 138 cm³/mol. The molecular weight excluding hydrogens is 462 g/mol. The van der Waals surface area contributed by atoms with Gasteiger partial charge >= 0.3 is 0 Å². The van der Waals surface area contributed by atoms with Crippen molar-refractivity contribution in [3.05, 3.63) is 70.9 Å². The number of thiazole rings is 1. The van der Waals surface area contributed by atoms with E-state index >= 15 is 0 Å². The maximum absolute atomic E-state index is 5.94. The standard InChI is InChI=1S/C26H31N5O3S/c1-32-24-4-2-3-20(14-24)16-31(17-21-5-6-25-22(13-21)15-27-29-25)26-28-23(19-35-26)18-34-12-9-30-7-10-33-11-8-30/h2-6,13-15,19H,7-12,16-18H2,1H3,(H,27,29). The monoisotopic (exact) mass is 493 g/mol. The SMILES string of the molecule is COc1cccc(CN(Cc2ccc3[nH]ncc3c2)c2nc(COCCN3CCOCC3)cs2)c1. The van der Waals surface area contributed by atoms with Crippen LogP contribution in [-0.4, -0.2) is 66.6 Å². The Morgan fingerprint density at radius 3 is 2.83 bits per heavy atom. The second-order valence-electron chi connectivity index (χ2n) is 8.63. The molecule has 5 rings (SSSR count). The van der Waals surface area contributed by atoms with Crippen molar-refractivity contribution in [2.75, 3.05) is 51.5 Å². The molecule has 0 spiro atoms. The van der Waals surface area contributed by atoms with Crippen molar-refractivity contribution in [1.29, 1.82) is 0 Å². The van der Waals surface area contributed by atoms with Crippen molar-refractivity contribution in [3.8, 4) is 5.75 Å². The van der Waals surface area contributed by atoms with Crippen molar-refractivity contribution < 1.29 is 14.2 Å². The molecule has 1 fully saturated rings. The Morgan fingerprint density at radius 1 is 1.11 bits per heavy atom. The molecule has 0 amide bonds. The summed E-state index contributed by atoms with van der Waals surface area (Å²) in [5, 5.41) is 11.4. The molecule has 2 aromatic carbocycles. The number of morpholine rings is 1. The number of aromatic nitrogens is 3. The maximum atomic E-state index is 5.94. The predicted octanol–water partition coefficient (Wildman–Crippen LogP) is 4.08. The van der Waals surface area contributed by atoms with Gasteiger partial charge in [0.2, 0.25) is 0 Å². The maximum Gasteiger partial charge on any atom is 0.186 e. The first-order chi connectivity index (χ1) is 17.3. The van der Waals surface area contributed by atoms with Crippen LogP contribution in [0.5, 0.6) is 5.75 Å². The van der Waals surface area contributed by atoms with Gasteiger partial charge in [0.1, 0.15) is 5.75 Å². The summed E-state index contributed by atoms with van der Waals surface area (Å²) in [5.74, 6) is 0.857. The molecule has 0 aliphatic carbocycles. The van der Waals surface area contributed by atoms with E-state index in [1.165, 1.54) is 11.1 Å². The fourth-order valence-corrected chi connectivity index (χ4v) is 5.01. The average molecular weight is 494 g/mol. The molecule has 0 atom stereocenters. The van der Waals surface area contributed by atoms with Gasteiger partial charge in [0.15, 0.2) is 5.13 Å². The number of aromatic amines is 1. The minimum absolute atomic E-state index is 0.523. The summed E-state index contributed by atoms with van der Waals surface area (Å²) in [6.07, 6.45) is 1.86. The van der Waals surface area contributed by atoms with Gasteiger partial charge in [0.25, 0.3) is 0 Å². The van der Waals surface area contributed by atoms with E-state index in [-0.39, 0.29) is 0 Å². The van der Waals surface area contributed by atoms with Crippen molar-refractivity contribution in [2.45, 2.75) is 19.7 Å². The fourth-order valence-electron chi connectivity index (χ4n) is 4.20. The molecule has 1 N–H and O–H groups in total. The molecule has 0 radical (unpaired) electrons. The number of hydrogen-bond donors (Lipinski definition) is 1. The van der Waals surface area contributed by atoms with E-state index in [1.807, 2.05) is 18.3 Å². The molecular formula is C26H31N5O3S. The lowest BCUT2D eigenvalue weighted by atomic mass is 10.1. The number of anilines is 1. The first-order valence-electron chi connectivity index (χ1n) is 11.9. The van der Waals surface area contributed by atoms with Crippen LogP contribution in [0.15, 0.2) is 54.0 Å². The highest BCUT2D eigenvalue weighted by atomic mass is 32.1. The van der Waals surface area contributed by atoms with Gasteiger partial charge in [-0.15, -0.1) is 11.3 Å². The molecule has 1 saturated heterocycles. The lowest BCUT2D eigenvalue weighted by molar-refractivity contribution is 0.0177. The fraction of sp³-hybridized carbons (Fsp3) is 0.385. The Morgan fingerprint density at radius 2 is 1.97 bits per heavy atom. The molecule has 2 aromatic heterocycles. The van der Waals surface area contributed by atoms with Crippen LogP contribution in [0.3, 0.4) is 0 Å². The number of rotatable bonds is 11. The van der Waals surface area contributed by atoms with Crippen molar-refractivity contribution in [1.82, 2.24) is 20.1 Å². The van der Waals surface area contributed by atoms with E-state index in [2.05, 4.69) is 55.7 Å². The highest BCUT2D eigenvalue weighted by molar-refractivity contribution is 7.13. The molecule has 1 aliphatic rings. The van der Waals surface area contributed by atoms with Crippen LogP contribution in [-0.2, 0) is 29.2 Å². The molecule has 1 aliphatic heterocycles. The Balaban J connectivity index is 1.26. The van der Waals surface area contributed by atoms with E-state index in [0.29, 0.717) is 13.2 Å². The number of benzene rings is 2. The first kappa shape index (κ1) is 23.7. The second kappa shape index (κ2) is 11.6. The number of fused-ring (bicyclic) bond motifs is 1. The summed E-state index contributed by atoms with van der Waals surface area (Å²) in [7, 11) is 1.70. The minimum Gasteiger partial charge on any atom is -0.497 e. The summed E-state index contributed by atoms with van der Waals surface area (Å²) >= 11 is 1.66. The van der Waals surface area contributed by atoms with E-state index < -0.39 is 0 Å². The Labute approximate surface area is 209 Å². The van der Waals surface area contributed by atoms with Crippen LogP contribution in [0.2, 0.25) is 0 Å². The van der Waals surface area contributed by atoms with Crippen LogP contribution in [0.1, 0.15) is 16.8 Å². The number of hydrogen-bond acceptors (Lipinski definition) is 8. The normalized spacial score (nSPS) is 14.4. The van der Waals surface area contributed by atoms with Gasteiger partial charge in [0.05, 0.1) is 50.9 Å². The zero-order valence-electron chi connectivity index (χ0n) is 20.0. The van der Waals surface area contributed by atoms with Gasteiger partial charge in [-0.25, -0.2) is 4.98 Å². The van der Waals surface area contributed by atoms with E-state index in [0.717, 1.165) is 73.4 Å². The molecule has 184 valence electrons. The van der Waals surface area contributed by atoms with Gasteiger partial charge in [0, 0.05) is 43.5 Å². The molecule has 3 heterocycles. The van der Waals surface area contributed by atoms with Crippen molar-refractivity contribution in [2.24, 2.45) is 0 Å². The quantitative estimate of drug-likeness (QED) is 0.316. The lowest BCUT2D eigenvalue weighted by Gasteiger charge is -2.26. The minimum atomic E-state index is 0.523. The average Bonchev–Trinajstić information content (AvgIpc) is 3.56. The van der Waals surface area contributed by atoms with Gasteiger partial charge in [-0.2, -0.15) is 5.10 Å². The number of H-pyrrole nitrogens is 1. The molecule has 8 nitrogen and oxygen atoms in total. The third-order valence-corrected chi connectivity index (χ3v) is 7.05. The summed E-state index contributed by atoms with van der Waals surface area (Å²) in [4.78, 5) is 9.60. The van der Waals surface area contributed by atoms with Crippen LogP contribution >= 0.6 is 11.3 Å². The summed E-state index contributed by atoms with van der Waals surface area (Å²) in [6, 6.07) is 14.6. The third-order valence-electron chi connectivity index (χ3n) is 6.10. The van der Waals surface area contributed by atoms with Crippen LogP contribution in [0.4, 0.5) is 5.13 Å². The van der Waals surface area contributed by atoms with Gasteiger partial charge in [-0.3, -0.25) is 10.00 Å². The van der Waals surface area contributed by atoms with E-state index in [9.17, 15) is 0 Å². The Bertz CT molecular complexity index is 1220. The van der Waals surface area contributed by atoms with Gasteiger partial charge < -0.3 is 19.1 Å². The largest absolute Gasteiger partial charge is 0.497 e. The van der Waals surface area contributed by atoms with Crippen LogP contribution in [0.25, 0.3) is 10.9 Å². The third kappa shape index (κ3) is 6.37. The van der Waals surface area contributed by atoms with Crippen molar-refractivity contribution >= 4 is 27.4 Å². The molecule has 0 saturated carbocycles. The number of methoxy groups -OCH3 is 1. The highest BCUT2D eigenvalue weighted by Crippen LogP contribution is 2.27.